The minimum absolute atomic E-state index is 1.12. The third-order valence-corrected chi connectivity index (χ3v) is 11.4. The molecule has 0 aliphatic heterocycles. The SMILES string of the molecule is c1ccc(-c2ccc(-c3ccc(N(c4ccc(-c5ccc6c(c5)sc5ccccc56)cc4)c4ccc5c(ccc6ccccc65)c4)cc3)cc2)cc1. The fraction of sp³-hybridized carbons (Fsp3) is 0. The summed E-state index contributed by atoms with van der Waals surface area (Å²) in [6, 6.07) is 72.9. The summed E-state index contributed by atoms with van der Waals surface area (Å²) in [7, 11) is 0. The second-order valence-electron chi connectivity index (χ2n) is 13.4. The molecule has 1 nitrogen and oxygen atoms in total. The van der Waals surface area contributed by atoms with Gasteiger partial charge in [0.1, 0.15) is 0 Å². The van der Waals surface area contributed by atoms with E-state index in [-0.39, 0.29) is 0 Å². The first-order valence-electron chi connectivity index (χ1n) is 17.7. The molecular formula is C50H33NS. The summed E-state index contributed by atoms with van der Waals surface area (Å²) in [6.45, 7) is 0. The molecule has 9 aromatic carbocycles. The molecular weight excluding hydrogens is 647 g/mol. The van der Waals surface area contributed by atoms with Crippen LogP contribution in [0.5, 0.6) is 0 Å². The second kappa shape index (κ2) is 12.7. The Bertz CT molecular complexity index is 2870. The van der Waals surface area contributed by atoms with Crippen molar-refractivity contribution in [3.8, 4) is 33.4 Å². The zero-order chi connectivity index (χ0) is 34.4. The molecule has 0 spiro atoms. The van der Waals surface area contributed by atoms with E-state index in [2.05, 4.69) is 205 Å². The number of fused-ring (bicyclic) bond motifs is 6. The van der Waals surface area contributed by atoms with Crippen molar-refractivity contribution in [1.82, 2.24) is 0 Å². The van der Waals surface area contributed by atoms with Crippen molar-refractivity contribution in [2.75, 3.05) is 4.90 Å². The van der Waals surface area contributed by atoms with Crippen molar-refractivity contribution in [2.45, 2.75) is 0 Å². The summed E-state index contributed by atoms with van der Waals surface area (Å²) in [4.78, 5) is 2.37. The van der Waals surface area contributed by atoms with E-state index in [1.165, 1.54) is 75.1 Å². The number of anilines is 3. The van der Waals surface area contributed by atoms with Gasteiger partial charge in [-0.05, 0) is 103 Å². The van der Waals surface area contributed by atoms with Crippen molar-refractivity contribution in [1.29, 1.82) is 0 Å². The zero-order valence-corrected chi connectivity index (χ0v) is 29.2. The Labute approximate surface area is 307 Å². The van der Waals surface area contributed by atoms with Crippen LogP contribution in [0.2, 0.25) is 0 Å². The molecule has 2 heteroatoms. The van der Waals surface area contributed by atoms with Crippen LogP contribution in [0.3, 0.4) is 0 Å². The van der Waals surface area contributed by atoms with Crippen LogP contribution >= 0.6 is 11.3 Å². The summed E-state index contributed by atoms with van der Waals surface area (Å²) in [6.07, 6.45) is 0. The number of hydrogen-bond acceptors (Lipinski definition) is 2. The maximum Gasteiger partial charge on any atom is 0.0468 e. The lowest BCUT2D eigenvalue weighted by Crippen LogP contribution is -2.09. The molecule has 0 N–H and O–H groups in total. The van der Waals surface area contributed by atoms with Crippen LogP contribution in [0.15, 0.2) is 200 Å². The van der Waals surface area contributed by atoms with Crippen molar-refractivity contribution >= 4 is 70.1 Å². The van der Waals surface area contributed by atoms with Gasteiger partial charge in [0, 0.05) is 37.2 Å². The molecule has 1 aromatic heterocycles. The highest BCUT2D eigenvalue weighted by Crippen LogP contribution is 2.40. The van der Waals surface area contributed by atoms with Gasteiger partial charge in [0.05, 0.1) is 0 Å². The molecule has 0 unspecified atom stereocenters. The lowest BCUT2D eigenvalue weighted by molar-refractivity contribution is 1.29. The van der Waals surface area contributed by atoms with Crippen LogP contribution in [0.1, 0.15) is 0 Å². The first kappa shape index (κ1) is 30.4. The topological polar surface area (TPSA) is 3.24 Å². The number of benzene rings is 9. The van der Waals surface area contributed by atoms with E-state index in [1.807, 2.05) is 11.3 Å². The van der Waals surface area contributed by atoms with E-state index in [0.717, 1.165) is 17.1 Å². The normalized spacial score (nSPS) is 11.5. The largest absolute Gasteiger partial charge is 0.310 e. The lowest BCUT2D eigenvalue weighted by atomic mass is 9.99. The smallest absolute Gasteiger partial charge is 0.0468 e. The Morgan fingerprint density at radius 2 is 0.731 bits per heavy atom. The standard InChI is InChI=1S/C50H33NS/c1-2-8-34(9-3-1)35-14-16-36(17-15-35)37-20-25-42(26-21-37)51(44-29-31-46-41(32-44)19-18-39-10-4-5-11-45(39)46)43-27-22-38(23-28-43)40-24-30-48-47-12-6-7-13-49(47)52-50(48)33-40/h1-33H. The maximum absolute atomic E-state index is 2.37. The Morgan fingerprint density at radius 3 is 1.44 bits per heavy atom. The average Bonchev–Trinajstić information content (AvgIpc) is 3.60. The number of rotatable bonds is 6. The summed E-state index contributed by atoms with van der Waals surface area (Å²) >= 11 is 1.87. The molecule has 0 saturated heterocycles. The molecule has 0 amide bonds. The van der Waals surface area contributed by atoms with Gasteiger partial charge in [0.2, 0.25) is 0 Å². The summed E-state index contributed by atoms with van der Waals surface area (Å²) < 4.78 is 2.65. The van der Waals surface area contributed by atoms with Gasteiger partial charge in [-0.1, -0.05) is 152 Å². The summed E-state index contributed by atoms with van der Waals surface area (Å²) in [5, 5.41) is 7.69. The highest BCUT2D eigenvalue weighted by molar-refractivity contribution is 7.25. The zero-order valence-electron chi connectivity index (χ0n) is 28.4. The molecule has 0 bridgehead atoms. The van der Waals surface area contributed by atoms with Crippen LogP contribution in [-0.4, -0.2) is 0 Å². The van der Waals surface area contributed by atoms with Crippen molar-refractivity contribution in [3.05, 3.63) is 200 Å². The third kappa shape index (κ3) is 5.42. The molecule has 1 heterocycles. The number of hydrogen-bond donors (Lipinski definition) is 0. The lowest BCUT2D eigenvalue weighted by Gasteiger charge is -2.26. The van der Waals surface area contributed by atoms with Crippen LogP contribution in [0.4, 0.5) is 17.1 Å². The Morgan fingerprint density at radius 1 is 0.269 bits per heavy atom. The first-order valence-corrected chi connectivity index (χ1v) is 18.6. The van der Waals surface area contributed by atoms with E-state index in [1.54, 1.807) is 0 Å². The first-order chi connectivity index (χ1) is 25.7. The van der Waals surface area contributed by atoms with Crippen LogP contribution < -0.4 is 4.90 Å². The Hall–Kier alpha value is -6.48. The number of nitrogens with zero attached hydrogens (tertiary/aromatic N) is 1. The molecule has 0 fully saturated rings. The molecule has 0 atom stereocenters. The van der Waals surface area contributed by atoms with E-state index in [4.69, 9.17) is 0 Å². The number of thiophene rings is 1. The minimum atomic E-state index is 1.12. The molecule has 10 rings (SSSR count). The molecule has 52 heavy (non-hydrogen) atoms. The van der Waals surface area contributed by atoms with E-state index >= 15 is 0 Å². The van der Waals surface area contributed by atoms with Crippen molar-refractivity contribution in [3.63, 3.8) is 0 Å². The van der Waals surface area contributed by atoms with Gasteiger partial charge in [-0.3, -0.25) is 0 Å². The van der Waals surface area contributed by atoms with Gasteiger partial charge >= 0.3 is 0 Å². The van der Waals surface area contributed by atoms with E-state index in [0.29, 0.717) is 0 Å². The highest BCUT2D eigenvalue weighted by atomic mass is 32.1. The predicted molar refractivity (Wildman–Crippen MR) is 225 cm³/mol. The molecule has 0 aliphatic carbocycles. The summed E-state index contributed by atoms with van der Waals surface area (Å²) in [5.74, 6) is 0. The fourth-order valence-electron chi connectivity index (χ4n) is 7.58. The van der Waals surface area contributed by atoms with Gasteiger partial charge in [-0.15, -0.1) is 11.3 Å². The molecule has 244 valence electrons. The van der Waals surface area contributed by atoms with Gasteiger partial charge < -0.3 is 4.90 Å². The minimum Gasteiger partial charge on any atom is -0.310 e. The Balaban J connectivity index is 1.03. The third-order valence-electron chi connectivity index (χ3n) is 10.3. The summed E-state index contributed by atoms with van der Waals surface area (Å²) in [5.41, 5.74) is 10.7. The second-order valence-corrected chi connectivity index (χ2v) is 14.5. The van der Waals surface area contributed by atoms with Gasteiger partial charge in [0.15, 0.2) is 0 Å². The van der Waals surface area contributed by atoms with Gasteiger partial charge in [0.25, 0.3) is 0 Å². The maximum atomic E-state index is 2.37. The van der Waals surface area contributed by atoms with Crippen LogP contribution in [-0.2, 0) is 0 Å². The highest BCUT2D eigenvalue weighted by Gasteiger charge is 2.15. The Kier molecular flexibility index (Phi) is 7.41. The fourth-order valence-corrected chi connectivity index (χ4v) is 8.73. The molecule has 0 radical (unpaired) electrons. The van der Waals surface area contributed by atoms with Gasteiger partial charge in [-0.25, -0.2) is 0 Å². The quantitative estimate of drug-likeness (QED) is 0.158. The molecule has 0 saturated carbocycles. The monoisotopic (exact) mass is 679 g/mol. The van der Waals surface area contributed by atoms with Crippen molar-refractivity contribution < 1.29 is 0 Å². The van der Waals surface area contributed by atoms with Crippen LogP contribution in [0.25, 0.3) is 75.1 Å². The molecule has 0 aliphatic rings. The van der Waals surface area contributed by atoms with Gasteiger partial charge in [-0.2, -0.15) is 0 Å². The van der Waals surface area contributed by atoms with E-state index < -0.39 is 0 Å². The molecule has 10 aromatic rings. The van der Waals surface area contributed by atoms with Crippen LogP contribution in [0, 0.1) is 0 Å². The van der Waals surface area contributed by atoms with Crippen molar-refractivity contribution in [2.24, 2.45) is 0 Å². The van der Waals surface area contributed by atoms with E-state index in [9.17, 15) is 0 Å². The predicted octanol–water partition coefficient (Wildman–Crippen LogP) is 14.8. The average molecular weight is 680 g/mol.